The van der Waals surface area contributed by atoms with Gasteiger partial charge < -0.3 is 10.0 Å². The maximum atomic E-state index is 12.9. The van der Waals surface area contributed by atoms with Crippen molar-refractivity contribution in [1.29, 1.82) is 5.41 Å². The van der Waals surface area contributed by atoms with Crippen LogP contribution in [-0.2, 0) is 23.1 Å². The molecule has 0 unspecified atom stereocenters. The van der Waals surface area contributed by atoms with E-state index in [-0.39, 0.29) is 36.2 Å². The number of hydrogen-bond acceptors (Lipinski definition) is 6. The lowest BCUT2D eigenvalue weighted by Gasteiger charge is -2.17. The number of nitrogens with zero attached hydrogens (tertiary/aromatic N) is 2. The van der Waals surface area contributed by atoms with E-state index in [4.69, 9.17) is 5.41 Å². The van der Waals surface area contributed by atoms with Gasteiger partial charge in [-0.15, -0.1) is 0 Å². The molecule has 0 bridgehead atoms. The van der Waals surface area contributed by atoms with Crippen LogP contribution in [0.4, 0.5) is 0 Å². The molecule has 0 saturated heterocycles. The number of fused-ring (bicyclic) bond motifs is 1. The lowest BCUT2D eigenvalue weighted by atomic mass is 10.0. The van der Waals surface area contributed by atoms with Gasteiger partial charge in [0.2, 0.25) is 10.0 Å². The first kappa shape index (κ1) is 20.9. The van der Waals surface area contributed by atoms with Crippen LogP contribution < -0.4 is 4.72 Å². The van der Waals surface area contributed by atoms with Crippen LogP contribution in [-0.4, -0.2) is 47.3 Å². The average Bonchev–Trinajstić information content (AvgIpc) is 2.98. The molecule has 9 heteroatoms. The predicted molar refractivity (Wildman–Crippen MR) is 110 cm³/mol. The van der Waals surface area contributed by atoms with Gasteiger partial charge in [0.15, 0.2) is 5.78 Å². The number of amidine groups is 1. The largest absolute Gasteiger partial charge is 0.507 e. The molecule has 0 saturated carbocycles. The molecular weight excluding hydrogens is 392 g/mol. The fraction of sp³-hybridized carbons (Fsp3) is 0.350. The molecule has 0 spiro atoms. The van der Waals surface area contributed by atoms with Crippen molar-refractivity contribution in [3.8, 4) is 5.75 Å². The molecule has 0 atom stereocenters. The molecule has 0 radical (unpaired) electrons. The van der Waals surface area contributed by atoms with Crippen LogP contribution in [0.3, 0.4) is 0 Å². The lowest BCUT2D eigenvalue weighted by Crippen LogP contribution is -2.30. The molecule has 0 fully saturated rings. The fourth-order valence-corrected chi connectivity index (χ4v) is 3.77. The summed E-state index contributed by atoms with van der Waals surface area (Å²) in [5, 5.41) is 18.6. The van der Waals surface area contributed by atoms with Gasteiger partial charge in [0.1, 0.15) is 17.3 Å². The van der Waals surface area contributed by atoms with Crippen molar-refractivity contribution in [3.05, 3.63) is 57.9 Å². The first-order valence-electron chi connectivity index (χ1n) is 9.24. The van der Waals surface area contributed by atoms with Crippen LogP contribution in [0.25, 0.3) is 0 Å². The van der Waals surface area contributed by atoms with E-state index in [1.54, 1.807) is 17.9 Å². The number of phenols is 1. The molecule has 29 heavy (non-hydrogen) atoms. The van der Waals surface area contributed by atoms with Crippen molar-refractivity contribution in [3.63, 3.8) is 0 Å². The summed E-state index contributed by atoms with van der Waals surface area (Å²) in [6.45, 7) is 5.37. The molecule has 0 aliphatic carbocycles. The van der Waals surface area contributed by atoms with Gasteiger partial charge in [0.25, 0.3) is 0 Å². The Morgan fingerprint density at radius 3 is 2.72 bits per heavy atom. The minimum atomic E-state index is -3.43. The number of sulfonamides is 1. The molecule has 1 aliphatic heterocycles. The van der Waals surface area contributed by atoms with E-state index >= 15 is 0 Å². The van der Waals surface area contributed by atoms with E-state index in [0.29, 0.717) is 28.9 Å². The fourth-order valence-electron chi connectivity index (χ4n) is 3.19. The number of nitrogens with one attached hydrogen (secondary N) is 2. The molecule has 154 valence electrons. The Hall–Kier alpha value is -2.78. The minimum Gasteiger partial charge on any atom is -0.507 e. The summed E-state index contributed by atoms with van der Waals surface area (Å²) >= 11 is 0. The normalized spacial score (nSPS) is 13.6. The summed E-state index contributed by atoms with van der Waals surface area (Å²) in [6, 6.07) is 6.87. The number of aryl methyl sites for hydroxylation is 2. The topological polar surface area (TPSA) is 123 Å². The molecular formula is C20H24N4O4S. The van der Waals surface area contributed by atoms with Gasteiger partial charge in [-0.05, 0) is 44.5 Å². The number of hydrogen-bond donors (Lipinski definition) is 3. The monoisotopic (exact) mass is 416 g/mol. The van der Waals surface area contributed by atoms with Crippen molar-refractivity contribution in [1.82, 2.24) is 14.6 Å². The molecule has 1 aromatic heterocycles. The van der Waals surface area contributed by atoms with Crippen molar-refractivity contribution >= 4 is 21.6 Å². The second-order valence-corrected chi connectivity index (χ2v) is 9.21. The molecule has 3 N–H and O–H groups in total. The number of carbonyl (C=O) groups is 1. The van der Waals surface area contributed by atoms with E-state index in [2.05, 4.69) is 9.71 Å². The smallest absolute Gasteiger partial charge is 0.211 e. The number of Topliss-reactive ketones (excluding diaryl/α,β-unsaturated/α-hetero) is 1. The maximum absolute atomic E-state index is 12.9. The molecule has 1 aromatic carbocycles. The summed E-state index contributed by atoms with van der Waals surface area (Å²) in [6.07, 6.45) is 0. The van der Waals surface area contributed by atoms with Gasteiger partial charge in [-0.25, -0.2) is 18.1 Å². The summed E-state index contributed by atoms with van der Waals surface area (Å²) in [4.78, 5) is 18.9. The zero-order chi connectivity index (χ0) is 21.3. The van der Waals surface area contributed by atoms with Crippen LogP contribution in [0, 0.1) is 19.3 Å². The zero-order valence-corrected chi connectivity index (χ0v) is 17.4. The quantitative estimate of drug-likeness (QED) is 0.592. The van der Waals surface area contributed by atoms with Gasteiger partial charge in [-0.2, -0.15) is 0 Å². The van der Waals surface area contributed by atoms with Gasteiger partial charge in [-0.3, -0.25) is 10.2 Å². The highest BCUT2D eigenvalue weighted by Gasteiger charge is 2.27. The number of phenolic OH excluding ortho intramolecular Hbond substituents is 1. The first-order valence-corrected chi connectivity index (χ1v) is 10.9. The van der Waals surface area contributed by atoms with E-state index in [0.717, 1.165) is 11.3 Å². The van der Waals surface area contributed by atoms with Gasteiger partial charge in [-0.1, -0.05) is 6.07 Å². The first-order chi connectivity index (χ1) is 13.6. The number of aromatic hydroxyl groups is 1. The highest BCUT2D eigenvalue weighted by molar-refractivity contribution is 7.89. The van der Waals surface area contributed by atoms with Crippen LogP contribution >= 0.6 is 0 Å². The average molecular weight is 417 g/mol. The van der Waals surface area contributed by atoms with E-state index in [9.17, 15) is 18.3 Å². The van der Waals surface area contributed by atoms with Gasteiger partial charge >= 0.3 is 0 Å². The Balaban J connectivity index is 1.79. The molecule has 8 nitrogen and oxygen atoms in total. The Bertz CT molecular complexity index is 1100. The third-order valence-electron chi connectivity index (χ3n) is 4.92. The second-order valence-electron chi connectivity index (χ2n) is 7.11. The van der Waals surface area contributed by atoms with Crippen LogP contribution in [0.2, 0.25) is 0 Å². The molecule has 0 amide bonds. The minimum absolute atomic E-state index is 0.00141. The maximum Gasteiger partial charge on any atom is 0.211 e. The highest BCUT2D eigenvalue weighted by Crippen LogP contribution is 2.26. The molecule has 2 aromatic rings. The van der Waals surface area contributed by atoms with E-state index in [1.807, 2.05) is 19.1 Å². The molecule has 1 aliphatic rings. The van der Waals surface area contributed by atoms with Crippen molar-refractivity contribution < 1.29 is 18.3 Å². The van der Waals surface area contributed by atoms with E-state index in [1.165, 1.54) is 13.0 Å². The Morgan fingerprint density at radius 2 is 2.03 bits per heavy atom. The van der Waals surface area contributed by atoms with Crippen molar-refractivity contribution in [2.75, 3.05) is 12.3 Å². The number of benzene rings is 1. The summed E-state index contributed by atoms with van der Waals surface area (Å²) in [5.41, 5.74) is 3.49. The molecule has 3 rings (SSSR count). The number of carbonyl (C=O) groups excluding carboxylic acids is 1. The Morgan fingerprint density at radius 1 is 1.31 bits per heavy atom. The van der Waals surface area contributed by atoms with Gasteiger partial charge in [0, 0.05) is 35.5 Å². The number of ketones is 1. The van der Waals surface area contributed by atoms with Crippen LogP contribution in [0.1, 0.15) is 45.4 Å². The van der Waals surface area contributed by atoms with E-state index < -0.39 is 10.0 Å². The summed E-state index contributed by atoms with van der Waals surface area (Å²) < 4.78 is 25.8. The highest BCUT2D eigenvalue weighted by atomic mass is 32.2. The SMILES string of the molecule is CCS(=O)(=O)NCc1cc(C(=O)CN2Cc3ccc(C)nc3C2=N)cc(C)c1O. The third-order valence-corrected chi connectivity index (χ3v) is 6.26. The third kappa shape index (κ3) is 4.46. The number of pyridine rings is 1. The Kier molecular flexibility index (Phi) is 5.72. The Labute approximate surface area is 170 Å². The second kappa shape index (κ2) is 7.92. The number of rotatable bonds is 7. The molecule has 2 heterocycles. The van der Waals surface area contributed by atoms with Crippen molar-refractivity contribution in [2.24, 2.45) is 0 Å². The summed E-state index contributed by atoms with van der Waals surface area (Å²) in [7, 11) is -3.43. The standard InChI is InChI=1S/C20H24N4O4S/c1-4-29(27,28)22-9-16-8-15(7-12(2)19(16)26)17(25)11-24-10-14-6-5-13(3)23-18(14)20(24)21/h5-8,21-22,26H,4,9-11H2,1-3H3. The van der Waals surface area contributed by atoms with Crippen molar-refractivity contribution in [2.45, 2.75) is 33.9 Å². The van der Waals surface area contributed by atoms with Crippen LogP contribution in [0.5, 0.6) is 5.75 Å². The zero-order valence-electron chi connectivity index (χ0n) is 16.6. The predicted octanol–water partition coefficient (Wildman–Crippen LogP) is 1.87. The summed E-state index contributed by atoms with van der Waals surface area (Å²) in [5.74, 6) is -0.122. The number of aromatic nitrogens is 1. The van der Waals surface area contributed by atoms with Crippen LogP contribution in [0.15, 0.2) is 24.3 Å². The lowest BCUT2D eigenvalue weighted by molar-refractivity contribution is 0.0962. The van der Waals surface area contributed by atoms with Gasteiger partial charge in [0.05, 0.1) is 12.3 Å².